The van der Waals surface area contributed by atoms with Crippen LogP contribution in [0.5, 0.6) is 0 Å². The van der Waals surface area contributed by atoms with E-state index in [1.54, 1.807) is 4.90 Å². The SMILES string of the molecule is CCC(C)C1C(=O)Nc2ccccc2N1C(=O)NC1CCN(C)C1. The molecule has 0 radical (unpaired) electrons. The second-order valence-corrected chi connectivity index (χ2v) is 6.90. The quantitative estimate of drug-likeness (QED) is 0.893. The van der Waals surface area contributed by atoms with Crippen LogP contribution < -0.4 is 15.5 Å². The summed E-state index contributed by atoms with van der Waals surface area (Å²) in [5.74, 6) is -0.0305. The number of fused-ring (bicyclic) bond motifs is 1. The third-order valence-corrected chi connectivity index (χ3v) is 5.09. The van der Waals surface area contributed by atoms with E-state index in [4.69, 9.17) is 0 Å². The molecule has 2 heterocycles. The Morgan fingerprint density at radius 2 is 2.17 bits per heavy atom. The predicted octanol–water partition coefficient (Wildman–Crippen LogP) is 2.27. The van der Waals surface area contributed by atoms with Gasteiger partial charge in [0.2, 0.25) is 5.91 Å². The lowest BCUT2D eigenvalue weighted by Crippen LogP contribution is -2.58. The standard InChI is InChI=1S/C18H26N4O2/c1-4-12(2)16-17(23)20-14-7-5-6-8-15(14)22(16)18(24)19-13-9-10-21(3)11-13/h5-8,12-13,16H,4,9-11H2,1-3H3,(H,19,24)(H,20,23). The lowest BCUT2D eigenvalue weighted by atomic mass is 9.94. The Labute approximate surface area is 143 Å². The van der Waals surface area contributed by atoms with Crippen molar-refractivity contribution in [3.8, 4) is 0 Å². The van der Waals surface area contributed by atoms with Gasteiger partial charge in [0.25, 0.3) is 0 Å². The fraction of sp³-hybridized carbons (Fsp3) is 0.556. The number of anilines is 2. The van der Waals surface area contributed by atoms with E-state index in [1.165, 1.54) is 0 Å². The molecule has 6 heteroatoms. The molecular weight excluding hydrogens is 304 g/mol. The molecular formula is C18H26N4O2. The molecule has 0 aromatic heterocycles. The van der Waals surface area contributed by atoms with Crippen LogP contribution in [-0.2, 0) is 4.79 Å². The largest absolute Gasteiger partial charge is 0.334 e. The number of rotatable bonds is 3. The van der Waals surface area contributed by atoms with Gasteiger partial charge in [-0.3, -0.25) is 9.69 Å². The Balaban J connectivity index is 1.90. The Morgan fingerprint density at radius 3 is 2.83 bits per heavy atom. The second kappa shape index (κ2) is 6.81. The van der Waals surface area contributed by atoms with Crippen molar-refractivity contribution < 1.29 is 9.59 Å². The lowest BCUT2D eigenvalue weighted by Gasteiger charge is -2.39. The summed E-state index contributed by atoms with van der Waals surface area (Å²) >= 11 is 0. The average molecular weight is 330 g/mol. The summed E-state index contributed by atoms with van der Waals surface area (Å²) in [6.07, 6.45) is 1.77. The van der Waals surface area contributed by atoms with Gasteiger partial charge < -0.3 is 15.5 Å². The van der Waals surface area contributed by atoms with E-state index < -0.39 is 6.04 Å². The van der Waals surface area contributed by atoms with E-state index in [-0.39, 0.29) is 23.9 Å². The van der Waals surface area contributed by atoms with Crippen molar-refractivity contribution in [2.45, 2.75) is 38.8 Å². The molecule has 1 aromatic rings. The Hall–Kier alpha value is -2.08. The van der Waals surface area contributed by atoms with Gasteiger partial charge in [-0.05, 0) is 38.1 Å². The number of hydrogen-bond donors (Lipinski definition) is 2. The van der Waals surface area contributed by atoms with Crippen LogP contribution in [0.25, 0.3) is 0 Å². The van der Waals surface area contributed by atoms with E-state index in [0.29, 0.717) is 5.69 Å². The Kier molecular flexibility index (Phi) is 4.76. The van der Waals surface area contributed by atoms with Gasteiger partial charge >= 0.3 is 6.03 Å². The molecule has 1 aromatic carbocycles. The van der Waals surface area contributed by atoms with Crippen molar-refractivity contribution in [3.05, 3.63) is 24.3 Å². The number of para-hydroxylation sites is 2. The summed E-state index contributed by atoms with van der Waals surface area (Å²) in [6.45, 7) is 5.89. The molecule has 3 unspecified atom stereocenters. The van der Waals surface area contributed by atoms with Gasteiger partial charge in [-0.2, -0.15) is 0 Å². The molecule has 0 aliphatic carbocycles. The summed E-state index contributed by atoms with van der Waals surface area (Å²) < 4.78 is 0. The fourth-order valence-corrected chi connectivity index (χ4v) is 3.53. The van der Waals surface area contributed by atoms with Gasteiger partial charge in [-0.15, -0.1) is 0 Å². The number of carbonyl (C=O) groups is 2. The zero-order valence-electron chi connectivity index (χ0n) is 14.6. The number of benzene rings is 1. The Morgan fingerprint density at radius 1 is 1.42 bits per heavy atom. The molecule has 3 atom stereocenters. The topological polar surface area (TPSA) is 64.7 Å². The third-order valence-electron chi connectivity index (χ3n) is 5.09. The second-order valence-electron chi connectivity index (χ2n) is 6.90. The smallest absolute Gasteiger partial charge is 0.322 e. The number of amides is 3. The van der Waals surface area contributed by atoms with Crippen molar-refractivity contribution in [1.29, 1.82) is 0 Å². The lowest BCUT2D eigenvalue weighted by molar-refractivity contribution is -0.118. The van der Waals surface area contributed by atoms with Crippen molar-refractivity contribution >= 4 is 23.3 Å². The molecule has 0 bridgehead atoms. The maximum Gasteiger partial charge on any atom is 0.322 e. The summed E-state index contributed by atoms with van der Waals surface area (Å²) in [4.78, 5) is 29.5. The first kappa shape index (κ1) is 16.8. The van der Waals surface area contributed by atoms with Crippen molar-refractivity contribution in [2.24, 2.45) is 5.92 Å². The first-order valence-electron chi connectivity index (χ1n) is 8.69. The zero-order chi connectivity index (χ0) is 17.3. The number of nitrogens with zero attached hydrogens (tertiary/aromatic N) is 2. The first-order valence-corrected chi connectivity index (χ1v) is 8.69. The van der Waals surface area contributed by atoms with Crippen LogP contribution in [0.3, 0.4) is 0 Å². The van der Waals surface area contributed by atoms with Gasteiger partial charge in [-0.1, -0.05) is 32.4 Å². The molecule has 130 valence electrons. The number of likely N-dealkylation sites (N-methyl/N-ethyl adjacent to an activating group) is 1. The van der Waals surface area contributed by atoms with Gasteiger partial charge in [-0.25, -0.2) is 4.79 Å². The van der Waals surface area contributed by atoms with E-state index in [2.05, 4.69) is 22.6 Å². The molecule has 0 saturated carbocycles. The maximum atomic E-state index is 13.0. The summed E-state index contributed by atoms with van der Waals surface area (Å²) in [5.41, 5.74) is 1.46. The first-order chi connectivity index (χ1) is 11.5. The van der Waals surface area contributed by atoms with E-state index in [9.17, 15) is 9.59 Å². The highest BCUT2D eigenvalue weighted by atomic mass is 16.2. The molecule has 24 heavy (non-hydrogen) atoms. The van der Waals surface area contributed by atoms with E-state index >= 15 is 0 Å². The number of urea groups is 1. The molecule has 2 aliphatic heterocycles. The van der Waals surface area contributed by atoms with Gasteiger partial charge in [0.05, 0.1) is 11.4 Å². The minimum atomic E-state index is -0.482. The molecule has 1 saturated heterocycles. The third kappa shape index (κ3) is 3.11. The van der Waals surface area contributed by atoms with E-state index in [0.717, 1.165) is 31.6 Å². The summed E-state index contributed by atoms with van der Waals surface area (Å²) in [5, 5.41) is 6.06. The normalized spacial score (nSPS) is 25.1. The monoisotopic (exact) mass is 330 g/mol. The van der Waals surface area contributed by atoms with Crippen LogP contribution in [0.2, 0.25) is 0 Å². The highest BCUT2D eigenvalue weighted by Gasteiger charge is 2.40. The number of nitrogens with one attached hydrogen (secondary N) is 2. The molecule has 2 N–H and O–H groups in total. The molecule has 6 nitrogen and oxygen atoms in total. The molecule has 0 spiro atoms. The fourth-order valence-electron chi connectivity index (χ4n) is 3.53. The van der Waals surface area contributed by atoms with Crippen LogP contribution in [0.1, 0.15) is 26.7 Å². The van der Waals surface area contributed by atoms with E-state index in [1.807, 2.05) is 38.1 Å². The molecule has 2 aliphatic rings. The van der Waals surface area contributed by atoms with Gasteiger partial charge in [0.15, 0.2) is 0 Å². The summed E-state index contributed by atoms with van der Waals surface area (Å²) in [6, 6.07) is 6.97. The number of hydrogen-bond acceptors (Lipinski definition) is 3. The van der Waals surface area contributed by atoms with Crippen molar-refractivity contribution in [3.63, 3.8) is 0 Å². The predicted molar refractivity (Wildman–Crippen MR) is 95.2 cm³/mol. The maximum absolute atomic E-state index is 13.0. The van der Waals surface area contributed by atoms with Gasteiger partial charge in [0.1, 0.15) is 6.04 Å². The van der Waals surface area contributed by atoms with Crippen LogP contribution in [0, 0.1) is 5.92 Å². The minimum absolute atomic E-state index is 0.0790. The highest BCUT2D eigenvalue weighted by Crippen LogP contribution is 2.34. The average Bonchev–Trinajstić information content (AvgIpc) is 2.97. The van der Waals surface area contributed by atoms with Crippen molar-refractivity contribution in [2.75, 3.05) is 30.4 Å². The minimum Gasteiger partial charge on any atom is -0.334 e. The number of likely N-dealkylation sites (tertiary alicyclic amines) is 1. The highest BCUT2D eigenvalue weighted by molar-refractivity contribution is 6.11. The molecule has 3 rings (SSSR count). The Bertz CT molecular complexity index is 633. The molecule has 1 fully saturated rings. The van der Waals surface area contributed by atoms with Crippen LogP contribution in [-0.4, -0.2) is 49.1 Å². The van der Waals surface area contributed by atoms with Crippen LogP contribution in [0.4, 0.5) is 16.2 Å². The van der Waals surface area contributed by atoms with Crippen molar-refractivity contribution in [1.82, 2.24) is 10.2 Å². The molecule has 3 amide bonds. The summed E-state index contributed by atoms with van der Waals surface area (Å²) in [7, 11) is 2.05. The van der Waals surface area contributed by atoms with Crippen LogP contribution >= 0.6 is 0 Å². The number of carbonyl (C=O) groups excluding carboxylic acids is 2. The van der Waals surface area contributed by atoms with Gasteiger partial charge in [0, 0.05) is 12.6 Å². The van der Waals surface area contributed by atoms with Crippen LogP contribution in [0.15, 0.2) is 24.3 Å². The zero-order valence-corrected chi connectivity index (χ0v) is 14.6.